The molecule has 11 nitrogen and oxygen atoms in total. The third-order valence-corrected chi connectivity index (χ3v) is 4.48. The zero-order valence-corrected chi connectivity index (χ0v) is 12.9. The summed E-state index contributed by atoms with van der Waals surface area (Å²) in [5.41, 5.74) is 15.7. The Morgan fingerprint density at radius 3 is 2.96 bits per heavy atom. The lowest BCUT2D eigenvalue weighted by Gasteiger charge is -2.32. The third-order valence-electron chi connectivity index (χ3n) is 4.48. The molecule has 0 saturated carbocycles. The zero-order chi connectivity index (χ0) is 16.7. The molecule has 0 amide bonds. The van der Waals surface area contributed by atoms with Crippen LogP contribution in [0.1, 0.15) is 19.1 Å². The quantitative estimate of drug-likeness (QED) is 0.472. The van der Waals surface area contributed by atoms with Crippen molar-refractivity contribution in [2.45, 2.75) is 31.2 Å². The lowest BCUT2D eigenvalue weighted by molar-refractivity contribution is -0.0230. The molecule has 2 aliphatic heterocycles. The minimum absolute atomic E-state index is 0.183. The highest BCUT2D eigenvalue weighted by Crippen LogP contribution is 2.36. The van der Waals surface area contributed by atoms with E-state index in [1.807, 2.05) is 4.57 Å². The first-order valence-electron chi connectivity index (χ1n) is 7.76. The van der Waals surface area contributed by atoms with Gasteiger partial charge in [0.1, 0.15) is 11.7 Å². The number of nitrogen functional groups attached to an aromatic ring is 1. The Hall–Kier alpha value is -2.62. The third kappa shape index (κ3) is 2.30. The molecular formula is C13H17N9O2. The van der Waals surface area contributed by atoms with E-state index in [4.69, 9.17) is 16.0 Å². The highest BCUT2D eigenvalue weighted by molar-refractivity contribution is 5.85. The van der Waals surface area contributed by atoms with E-state index in [9.17, 15) is 5.11 Å². The molecule has 0 bridgehead atoms. The number of anilines is 2. The number of imidazole rings is 1. The minimum atomic E-state index is -0.537. The van der Waals surface area contributed by atoms with Crippen molar-refractivity contribution >= 4 is 22.9 Å². The first kappa shape index (κ1) is 14.9. The predicted octanol–water partition coefficient (Wildman–Crippen LogP) is 0.577. The van der Waals surface area contributed by atoms with E-state index in [1.54, 1.807) is 6.33 Å². The summed E-state index contributed by atoms with van der Waals surface area (Å²) in [6.07, 6.45) is 2.23. The first-order chi connectivity index (χ1) is 11.7. The number of rotatable bonds is 4. The molecule has 0 aliphatic carbocycles. The summed E-state index contributed by atoms with van der Waals surface area (Å²) < 4.78 is 7.68. The molecule has 3 N–H and O–H groups in total. The van der Waals surface area contributed by atoms with Crippen LogP contribution in [0, 0.1) is 0 Å². The summed E-state index contributed by atoms with van der Waals surface area (Å²) >= 11 is 0. The lowest BCUT2D eigenvalue weighted by atomic mass is 10.1. The van der Waals surface area contributed by atoms with Crippen LogP contribution in [0.15, 0.2) is 11.4 Å². The second kappa shape index (κ2) is 5.78. The number of hydrogen-bond donors (Lipinski definition) is 2. The van der Waals surface area contributed by atoms with E-state index >= 15 is 0 Å². The van der Waals surface area contributed by atoms with Gasteiger partial charge >= 0.3 is 0 Å². The SMILES string of the molecule is [N-]=[N+]=NC1C[C@H](n2cnc3nc(N)nc(N4CCC4)c32)O[C@@H]1CO. The van der Waals surface area contributed by atoms with E-state index in [1.165, 1.54) is 0 Å². The van der Waals surface area contributed by atoms with Crippen molar-refractivity contribution in [2.75, 3.05) is 30.3 Å². The summed E-state index contributed by atoms with van der Waals surface area (Å²) in [6.45, 7) is 1.60. The first-order valence-corrected chi connectivity index (χ1v) is 7.76. The van der Waals surface area contributed by atoms with Crippen molar-refractivity contribution in [2.24, 2.45) is 5.11 Å². The molecule has 126 valence electrons. The maximum Gasteiger partial charge on any atom is 0.224 e. The van der Waals surface area contributed by atoms with Crippen molar-refractivity contribution in [3.05, 3.63) is 16.8 Å². The van der Waals surface area contributed by atoms with Crippen molar-refractivity contribution in [1.82, 2.24) is 19.5 Å². The molecule has 4 heterocycles. The topological polar surface area (TPSA) is 151 Å². The number of aromatic nitrogens is 4. The van der Waals surface area contributed by atoms with Crippen LogP contribution < -0.4 is 10.6 Å². The van der Waals surface area contributed by atoms with Crippen LogP contribution in [-0.4, -0.2) is 56.5 Å². The van der Waals surface area contributed by atoms with Gasteiger partial charge in [-0.3, -0.25) is 4.57 Å². The molecule has 2 saturated heterocycles. The largest absolute Gasteiger partial charge is 0.394 e. The molecule has 0 spiro atoms. The van der Waals surface area contributed by atoms with Crippen LogP contribution in [0.3, 0.4) is 0 Å². The standard InChI is InChI=1S/C13H17N9O2/c14-13-17-11-10(12(18-13)21-2-1-3-21)22(6-16-11)9-4-7(19-20-15)8(5-23)24-9/h6-9,23H,1-5H2,(H2,14,17,18)/t7?,8-,9-/m1/s1. The van der Waals surface area contributed by atoms with Crippen molar-refractivity contribution in [3.8, 4) is 0 Å². The van der Waals surface area contributed by atoms with Crippen LogP contribution in [0.2, 0.25) is 0 Å². The summed E-state index contributed by atoms with van der Waals surface area (Å²) in [5.74, 6) is 0.916. The number of nitrogens with zero attached hydrogens (tertiary/aromatic N) is 8. The van der Waals surface area contributed by atoms with Crippen molar-refractivity contribution < 1.29 is 9.84 Å². The van der Waals surface area contributed by atoms with Crippen LogP contribution in [0.4, 0.5) is 11.8 Å². The Morgan fingerprint density at radius 1 is 1.46 bits per heavy atom. The molecule has 2 aromatic rings. The Morgan fingerprint density at radius 2 is 2.29 bits per heavy atom. The number of ether oxygens (including phenoxy) is 1. The van der Waals surface area contributed by atoms with Gasteiger partial charge in [-0.05, 0) is 12.0 Å². The predicted molar refractivity (Wildman–Crippen MR) is 85.1 cm³/mol. The normalized spacial score (nSPS) is 26.4. The van der Waals surface area contributed by atoms with Gasteiger partial charge in [0.15, 0.2) is 11.5 Å². The van der Waals surface area contributed by atoms with E-state index < -0.39 is 18.4 Å². The summed E-state index contributed by atoms with van der Waals surface area (Å²) in [5, 5.41) is 13.2. The molecule has 3 atom stereocenters. The number of azide groups is 1. The van der Waals surface area contributed by atoms with Gasteiger partial charge < -0.3 is 20.5 Å². The van der Waals surface area contributed by atoms with Crippen LogP contribution in [-0.2, 0) is 4.74 Å². The molecule has 2 aromatic heterocycles. The fourth-order valence-corrected chi connectivity index (χ4v) is 3.15. The van der Waals surface area contributed by atoms with Gasteiger partial charge in [-0.2, -0.15) is 9.97 Å². The molecule has 0 aromatic carbocycles. The Labute approximate surface area is 136 Å². The van der Waals surface area contributed by atoms with E-state index in [0.717, 1.165) is 30.8 Å². The second-order valence-corrected chi connectivity index (χ2v) is 5.89. The van der Waals surface area contributed by atoms with E-state index in [-0.39, 0.29) is 12.6 Å². The van der Waals surface area contributed by atoms with E-state index in [0.29, 0.717) is 12.1 Å². The fourth-order valence-electron chi connectivity index (χ4n) is 3.15. The highest BCUT2D eigenvalue weighted by Gasteiger charge is 2.36. The minimum Gasteiger partial charge on any atom is -0.394 e. The fraction of sp³-hybridized carbons (Fsp3) is 0.615. The average molecular weight is 331 g/mol. The summed E-state index contributed by atoms with van der Waals surface area (Å²) in [7, 11) is 0. The van der Waals surface area contributed by atoms with Gasteiger partial charge in [-0.1, -0.05) is 5.11 Å². The molecular weight excluding hydrogens is 314 g/mol. The average Bonchev–Trinajstić information content (AvgIpc) is 3.09. The molecule has 4 rings (SSSR count). The van der Waals surface area contributed by atoms with Gasteiger partial charge in [0.2, 0.25) is 5.95 Å². The number of hydrogen-bond acceptors (Lipinski definition) is 8. The van der Waals surface area contributed by atoms with Gasteiger partial charge in [-0.15, -0.1) is 0 Å². The van der Waals surface area contributed by atoms with Crippen molar-refractivity contribution in [3.63, 3.8) is 0 Å². The monoisotopic (exact) mass is 331 g/mol. The Bertz CT molecular complexity index is 811. The Balaban J connectivity index is 1.76. The summed E-state index contributed by atoms with van der Waals surface area (Å²) in [4.78, 5) is 17.8. The summed E-state index contributed by atoms with van der Waals surface area (Å²) in [6, 6.07) is -0.426. The number of fused-ring (bicyclic) bond motifs is 1. The van der Waals surface area contributed by atoms with Gasteiger partial charge in [-0.25, -0.2) is 4.98 Å². The zero-order valence-electron chi connectivity index (χ0n) is 12.9. The Kier molecular flexibility index (Phi) is 3.60. The van der Waals surface area contributed by atoms with Gasteiger partial charge in [0.05, 0.1) is 25.1 Å². The molecule has 2 aliphatic rings. The van der Waals surface area contributed by atoms with Crippen LogP contribution in [0.25, 0.3) is 21.6 Å². The van der Waals surface area contributed by atoms with Crippen LogP contribution >= 0.6 is 0 Å². The molecule has 24 heavy (non-hydrogen) atoms. The second-order valence-electron chi connectivity index (χ2n) is 5.89. The smallest absolute Gasteiger partial charge is 0.224 e. The van der Waals surface area contributed by atoms with E-state index in [2.05, 4.69) is 29.9 Å². The van der Waals surface area contributed by atoms with Gasteiger partial charge in [0, 0.05) is 24.4 Å². The number of nitrogens with two attached hydrogens (primary N) is 1. The maximum absolute atomic E-state index is 9.44. The molecule has 11 heteroatoms. The highest BCUT2D eigenvalue weighted by atomic mass is 16.5. The number of aliphatic hydroxyl groups excluding tert-OH is 1. The van der Waals surface area contributed by atoms with Gasteiger partial charge in [0.25, 0.3) is 0 Å². The van der Waals surface area contributed by atoms with Crippen molar-refractivity contribution in [1.29, 1.82) is 0 Å². The molecule has 2 fully saturated rings. The van der Waals surface area contributed by atoms with Crippen LogP contribution in [0.5, 0.6) is 0 Å². The molecule has 0 radical (unpaired) electrons. The number of aliphatic hydroxyl groups is 1. The maximum atomic E-state index is 9.44. The lowest BCUT2D eigenvalue weighted by Crippen LogP contribution is -2.38. The molecule has 1 unspecified atom stereocenters.